The highest BCUT2D eigenvalue weighted by molar-refractivity contribution is 4.90. The van der Waals surface area contributed by atoms with Gasteiger partial charge in [-0.2, -0.15) is 0 Å². The van der Waals surface area contributed by atoms with E-state index in [1.165, 1.54) is 57.5 Å². The van der Waals surface area contributed by atoms with E-state index in [9.17, 15) is 0 Å². The summed E-state index contributed by atoms with van der Waals surface area (Å²) in [6.45, 7) is 0.992. The predicted molar refractivity (Wildman–Crippen MR) is 49.6 cm³/mol. The van der Waals surface area contributed by atoms with E-state index in [0.717, 1.165) is 12.5 Å². The molecule has 1 aliphatic carbocycles. The average Bonchev–Trinajstić information content (AvgIpc) is 2.21. The van der Waals surface area contributed by atoms with Crippen LogP contribution >= 0.6 is 0 Å². The molecule has 1 heteroatoms. The molecule has 12 heavy (non-hydrogen) atoms. The van der Waals surface area contributed by atoms with Gasteiger partial charge in [-0.3, -0.25) is 0 Å². The Labute approximate surface area is 75.5 Å². The van der Waals surface area contributed by atoms with Gasteiger partial charge in [-0.1, -0.05) is 19.3 Å². The Morgan fingerprint density at radius 2 is 1.75 bits per heavy atom. The van der Waals surface area contributed by atoms with E-state index in [1.807, 2.05) is 0 Å². The molecule has 1 radical (unpaired) electrons. The van der Waals surface area contributed by atoms with Crippen molar-refractivity contribution in [2.45, 2.75) is 51.4 Å². The first-order valence-electron chi connectivity index (χ1n) is 5.45. The Kier molecular flexibility index (Phi) is 3.04. The zero-order valence-corrected chi connectivity index (χ0v) is 7.85. The van der Waals surface area contributed by atoms with Gasteiger partial charge in [-0.05, 0) is 38.0 Å². The summed E-state index contributed by atoms with van der Waals surface area (Å²) in [7, 11) is 0. The zero-order valence-electron chi connectivity index (χ0n) is 7.85. The Morgan fingerprint density at radius 1 is 0.917 bits per heavy atom. The van der Waals surface area contributed by atoms with Crippen molar-refractivity contribution >= 4 is 0 Å². The molecule has 2 fully saturated rings. The molecule has 1 saturated heterocycles. The third-order valence-corrected chi connectivity index (χ3v) is 3.17. The fourth-order valence-corrected chi connectivity index (χ4v) is 2.42. The second kappa shape index (κ2) is 4.27. The van der Waals surface area contributed by atoms with Crippen molar-refractivity contribution in [2.75, 3.05) is 6.61 Å². The molecule has 0 aromatic rings. The van der Waals surface area contributed by atoms with Gasteiger partial charge < -0.3 is 4.74 Å². The lowest BCUT2D eigenvalue weighted by molar-refractivity contribution is 0.0536. The van der Waals surface area contributed by atoms with Crippen LogP contribution in [0.5, 0.6) is 0 Å². The Balaban J connectivity index is 1.80. The third-order valence-electron chi connectivity index (χ3n) is 3.17. The first-order chi connectivity index (χ1) is 5.97. The normalized spacial score (nSPS) is 29.0. The minimum Gasteiger partial charge on any atom is -0.372 e. The van der Waals surface area contributed by atoms with Crippen LogP contribution in [0, 0.1) is 12.0 Å². The summed E-state index contributed by atoms with van der Waals surface area (Å²) in [5.74, 6) is 0.832. The SMILES string of the molecule is C1CCC([C]2CCCCO2)CC1. The van der Waals surface area contributed by atoms with E-state index in [-0.39, 0.29) is 0 Å². The molecule has 0 atom stereocenters. The molecule has 69 valence electrons. The quantitative estimate of drug-likeness (QED) is 0.582. The summed E-state index contributed by atoms with van der Waals surface area (Å²) < 4.78 is 5.73. The van der Waals surface area contributed by atoms with Gasteiger partial charge in [0.25, 0.3) is 0 Å². The second-order valence-corrected chi connectivity index (χ2v) is 4.11. The van der Waals surface area contributed by atoms with Gasteiger partial charge in [0, 0.05) is 6.61 Å². The molecule has 0 amide bonds. The summed E-state index contributed by atoms with van der Waals surface area (Å²) in [6, 6.07) is 0. The predicted octanol–water partition coefficient (Wildman–Crippen LogP) is 3.30. The standard InChI is InChI=1S/C11H19O/c1-2-6-10(7-3-1)11-8-4-5-9-12-11/h10H,1-9H2. The van der Waals surface area contributed by atoms with Crippen LogP contribution in [0.15, 0.2) is 0 Å². The molecule has 0 aromatic heterocycles. The van der Waals surface area contributed by atoms with Gasteiger partial charge in [0.15, 0.2) is 0 Å². The topological polar surface area (TPSA) is 9.23 Å². The van der Waals surface area contributed by atoms with Crippen molar-refractivity contribution in [3.8, 4) is 0 Å². The van der Waals surface area contributed by atoms with E-state index in [2.05, 4.69) is 0 Å². The average molecular weight is 167 g/mol. The summed E-state index contributed by atoms with van der Waals surface area (Å²) >= 11 is 0. The van der Waals surface area contributed by atoms with Crippen molar-refractivity contribution in [1.82, 2.24) is 0 Å². The molecule has 1 nitrogen and oxygen atoms in total. The Morgan fingerprint density at radius 3 is 2.42 bits per heavy atom. The van der Waals surface area contributed by atoms with Crippen LogP contribution in [0.4, 0.5) is 0 Å². The van der Waals surface area contributed by atoms with Crippen LogP contribution in [0.2, 0.25) is 0 Å². The highest BCUT2D eigenvalue weighted by Crippen LogP contribution is 2.36. The molecular formula is C11H19O. The maximum atomic E-state index is 5.73. The largest absolute Gasteiger partial charge is 0.372 e. The van der Waals surface area contributed by atoms with E-state index >= 15 is 0 Å². The maximum Gasteiger partial charge on any atom is 0.100 e. The molecular weight excluding hydrogens is 148 g/mol. The molecule has 2 rings (SSSR count). The van der Waals surface area contributed by atoms with E-state index in [1.54, 1.807) is 0 Å². The molecule has 2 aliphatic rings. The summed E-state index contributed by atoms with van der Waals surface area (Å²) in [4.78, 5) is 0. The molecule has 1 heterocycles. The maximum absolute atomic E-state index is 5.73. The Bertz CT molecular complexity index is 105. The van der Waals surface area contributed by atoms with Crippen molar-refractivity contribution in [2.24, 2.45) is 5.92 Å². The van der Waals surface area contributed by atoms with Crippen molar-refractivity contribution in [1.29, 1.82) is 0 Å². The number of ether oxygens (including phenoxy) is 1. The lowest BCUT2D eigenvalue weighted by Crippen LogP contribution is -2.22. The van der Waals surface area contributed by atoms with Crippen LogP contribution in [0.25, 0.3) is 0 Å². The Hall–Kier alpha value is -0.0400. The van der Waals surface area contributed by atoms with Gasteiger partial charge in [0.05, 0.1) is 0 Å². The van der Waals surface area contributed by atoms with Crippen LogP contribution < -0.4 is 0 Å². The van der Waals surface area contributed by atoms with Gasteiger partial charge >= 0.3 is 0 Å². The first kappa shape index (κ1) is 8.55. The smallest absolute Gasteiger partial charge is 0.100 e. The molecule has 1 saturated carbocycles. The van der Waals surface area contributed by atoms with Gasteiger partial charge in [0.1, 0.15) is 6.10 Å². The first-order valence-corrected chi connectivity index (χ1v) is 5.45. The summed E-state index contributed by atoms with van der Waals surface area (Å²) in [6.07, 6.45) is 12.4. The lowest BCUT2D eigenvalue weighted by atomic mass is 9.83. The molecule has 0 bridgehead atoms. The minimum atomic E-state index is 0.832. The van der Waals surface area contributed by atoms with Crippen LogP contribution in [0.3, 0.4) is 0 Å². The van der Waals surface area contributed by atoms with E-state index in [0.29, 0.717) is 0 Å². The van der Waals surface area contributed by atoms with Crippen molar-refractivity contribution in [3.05, 3.63) is 6.10 Å². The molecule has 0 aromatic carbocycles. The van der Waals surface area contributed by atoms with Gasteiger partial charge in [-0.15, -0.1) is 0 Å². The second-order valence-electron chi connectivity index (χ2n) is 4.11. The molecule has 0 unspecified atom stereocenters. The summed E-state index contributed by atoms with van der Waals surface area (Å²) in [5.41, 5.74) is 0. The minimum absolute atomic E-state index is 0.832. The van der Waals surface area contributed by atoms with Crippen LogP contribution in [-0.2, 0) is 4.74 Å². The summed E-state index contributed by atoms with van der Waals surface area (Å²) in [5, 5.41) is 0. The zero-order chi connectivity index (χ0) is 8.23. The number of hydrogen-bond acceptors (Lipinski definition) is 1. The van der Waals surface area contributed by atoms with E-state index < -0.39 is 0 Å². The van der Waals surface area contributed by atoms with Gasteiger partial charge in [-0.25, -0.2) is 0 Å². The van der Waals surface area contributed by atoms with Crippen LogP contribution in [0.1, 0.15) is 51.4 Å². The van der Waals surface area contributed by atoms with Crippen molar-refractivity contribution in [3.63, 3.8) is 0 Å². The highest BCUT2D eigenvalue weighted by atomic mass is 16.5. The van der Waals surface area contributed by atoms with Crippen molar-refractivity contribution < 1.29 is 4.74 Å². The molecule has 0 spiro atoms. The number of hydrogen-bond donors (Lipinski definition) is 0. The van der Waals surface area contributed by atoms with E-state index in [4.69, 9.17) is 4.74 Å². The van der Waals surface area contributed by atoms with Gasteiger partial charge in [0.2, 0.25) is 0 Å². The fourth-order valence-electron chi connectivity index (χ4n) is 2.42. The third kappa shape index (κ3) is 2.01. The monoisotopic (exact) mass is 167 g/mol. The lowest BCUT2D eigenvalue weighted by Gasteiger charge is -2.31. The number of rotatable bonds is 1. The molecule has 0 N–H and O–H groups in total. The van der Waals surface area contributed by atoms with Crippen LogP contribution in [-0.4, -0.2) is 6.61 Å². The fraction of sp³-hybridized carbons (Fsp3) is 0.909. The molecule has 1 aliphatic heterocycles. The highest BCUT2D eigenvalue weighted by Gasteiger charge is 2.26.